The van der Waals surface area contributed by atoms with E-state index in [-0.39, 0.29) is 5.91 Å². The highest BCUT2D eigenvalue weighted by molar-refractivity contribution is 9.10. The maximum absolute atomic E-state index is 12.0. The van der Waals surface area contributed by atoms with Gasteiger partial charge in [-0.25, -0.2) is 0 Å². The van der Waals surface area contributed by atoms with Gasteiger partial charge in [-0.05, 0) is 40.5 Å². The monoisotopic (exact) mass is 340 g/mol. The van der Waals surface area contributed by atoms with Gasteiger partial charge in [-0.3, -0.25) is 9.48 Å². The molecule has 0 aliphatic carbocycles. The Kier molecular flexibility index (Phi) is 4.98. The molecule has 0 bridgehead atoms. The fourth-order valence-corrected chi connectivity index (χ4v) is 2.21. The van der Waals surface area contributed by atoms with Crippen LogP contribution >= 0.6 is 28.6 Å². The van der Waals surface area contributed by atoms with Crippen molar-refractivity contribution in [1.29, 1.82) is 0 Å². The summed E-state index contributed by atoms with van der Waals surface area (Å²) in [4.78, 5) is 12.7. The van der Waals surface area contributed by atoms with Gasteiger partial charge in [0.25, 0.3) is 5.91 Å². The topological polar surface area (TPSA) is 59.8 Å². The number of hydrogen-bond acceptors (Lipinski definition) is 4. The minimum atomic E-state index is -0.110. The number of rotatable bonds is 5. The van der Waals surface area contributed by atoms with Crippen molar-refractivity contribution in [3.05, 3.63) is 40.6 Å². The third-order valence-electron chi connectivity index (χ3n) is 2.52. The number of benzene rings is 1. The van der Waals surface area contributed by atoms with Crippen LogP contribution in [0.2, 0.25) is 0 Å². The lowest BCUT2D eigenvalue weighted by atomic mass is 10.2. The Morgan fingerprint density at radius 3 is 3.05 bits per heavy atom. The summed E-state index contributed by atoms with van der Waals surface area (Å²) in [7, 11) is 0. The fraction of sp³-hybridized carbons (Fsp3) is 0.250. The first-order valence-corrected chi connectivity index (χ1v) is 7.01. The Labute approximate surface area is 124 Å². The summed E-state index contributed by atoms with van der Waals surface area (Å²) < 4.78 is 2.50. The van der Waals surface area contributed by atoms with Crippen molar-refractivity contribution in [2.45, 2.75) is 17.9 Å². The molecule has 0 unspecified atom stereocenters. The van der Waals surface area contributed by atoms with Gasteiger partial charge >= 0.3 is 0 Å². The molecule has 0 spiro atoms. The zero-order valence-corrected chi connectivity index (χ0v) is 12.6. The smallest absolute Gasteiger partial charge is 0.252 e. The average molecular weight is 341 g/mol. The average Bonchev–Trinajstić information content (AvgIpc) is 2.90. The number of aromatic nitrogens is 3. The second-order valence-electron chi connectivity index (χ2n) is 3.94. The van der Waals surface area contributed by atoms with E-state index in [4.69, 9.17) is 0 Å². The van der Waals surface area contributed by atoms with Crippen molar-refractivity contribution in [2.75, 3.05) is 6.54 Å². The molecule has 7 heteroatoms. The number of halogens is 1. The summed E-state index contributed by atoms with van der Waals surface area (Å²) in [5.41, 5.74) is 0.591. The molecule has 0 aliphatic heterocycles. The van der Waals surface area contributed by atoms with Crippen molar-refractivity contribution in [3.8, 4) is 0 Å². The molecule has 5 nitrogen and oxygen atoms in total. The Bertz CT molecular complexity index is 559. The van der Waals surface area contributed by atoms with E-state index < -0.39 is 0 Å². The second-order valence-corrected chi connectivity index (χ2v) is 5.31. The van der Waals surface area contributed by atoms with Gasteiger partial charge in [-0.1, -0.05) is 5.21 Å². The molecule has 100 valence electrons. The fourth-order valence-electron chi connectivity index (χ4n) is 1.58. The number of carbonyl (C=O) groups excluding carboxylic acids is 1. The zero-order valence-electron chi connectivity index (χ0n) is 10.1. The molecular formula is C12H13BrN4OS. The number of aryl methyl sites for hydroxylation is 1. The molecule has 0 saturated carbocycles. The molecule has 0 fully saturated rings. The summed E-state index contributed by atoms with van der Waals surface area (Å²) in [6, 6.07) is 5.38. The van der Waals surface area contributed by atoms with Crippen LogP contribution in [0.4, 0.5) is 0 Å². The molecule has 2 rings (SSSR count). The SMILES string of the molecule is O=C(NCCCn1ccnn1)c1cc(S)ccc1Br. The van der Waals surface area contributed by atoms with E-state index in [1.54, 1.807) is 23.1 Å². The molecule has 2 aromatic rings. The molecule has 1 aromatic heterocycles. The Morgan fingerprint density at radius 2 is 2.32 bits per heavy atom. The van der Waals surface area contributed by atoms with E-state index in [0.29, 0.717) is 12.1 Å². The number of nitrogens with one attached hydrogen (secondary N) is 1. The molecule has 1 N–H and O–H groups in total. The predicted molar refractivity (Wildman–Crippen MR) is 78.4 cm³/mol. The van der Waals surface area contributed by atoms with Crippen molar-refractivity contribution in [2.24, 2.45) is 0 Å². The van der Waals surface area contributed by atoms with Gasteiger partial charge in [0.05, 0.1) is 11.8 Å². The van der Waals surface area contributed by atoms with Gasteiger partial charge in [-0.2, -0.15) is 0 Å². The normalized spacial score (nSPS) is 10.4. The third-order valence-corrected chi connectivity index (χ3v) is 3.49. The van der Waals surface area contributed by atoms with Crippen LogP contribution < -0.4 is 5.32 Å². The van der Waals surface area contributed by atoms with Crippen molar-refractivity contribution < 1.29 is 4.79 Å². The van der Waals surface area contributed by atoms with E-state index in [9.17, 15) is 4.79 Å². The molecule has 1 aromatic carbocycles. The van der Waals surface area contributed by atoms with Gasteiger partial charge in [0.2, 0.25) is 0 Å². The van der Waals surface area contributed by atoms with Crippen molar-refractivity contribution in [1.82, 2.24) is 20.3 Å². The van der Waals surface area contributed by atoms with Gasteiger partial charge in [0.15, 0.2) is 0 Å². The van der Waals surface area contributed by atoms with Gasteiger partial charge in [0.1, 0.15) is 0 Å². The minimum absolute atomic E-state index is 0.110. The van der Waals surface area contributed by atoms with E-state index in [2.05, 4.69) is 44.2 Å². The largest absolute Gasteiger partial charge is 0.352 e. The number of carbonyl (C=O) groups is 1. The van der Waals surface area contributed by atoms with Crippen LogP contribution in [-0.2, 0) is 6.54 Å². The van der Waals surface area contributed by atoms with Gasteiger partial charge in [0, 0.05) is 28.7 Å². The summed E-state index contributed by atoms with van der Waals surface area (Å²) in [6.45, 7) is 1.32. The van der Waals surface area contributed by atoms with Crippen molar-refractivity contribution >= 4 is 34.5 Å². The highest BCUT2D eigenvalue weighted by Gasteiger charge is 2.09. The van der Waals surface area contributed by atoms with E-state index in [1.165, 1.54) is 0 Å². The number of nitrogens with zero attached hydrogens (tertiary/aromatic N) is 3. The van der Waals surface area contributed by atoms with E-state index in [1.807, 2.05) is 12.1 Å². The van der Waals surface area contributed by atoms with Crippen LogP contribution in [0, 0.1) is 0 Å². The summed E-state index contributed by atoms with van der Waals surface area (Å²) >= 11 is 7.58. The van der Waals surface area contributed by atoms with Gasteiger partial charge < -0.3 is 5.32 Å². The van der Waals surface area contributed by atoms with Gasteiger partial charge in [-0.15, -0.1) is 17.7 Å². The first-order valence-electron chi connectivity index (χ1n) is 5.77. The Hall–Kier alpha value is -1.34. The standard InChI is InChI=1S/C12H13BrN4OS/c13-11-3-2-9(19)8-10(11)12(18)14-4-1-6-17-7-5-15-16-17/h2-3,5,7-8,19H,1,4,6H2,(H,14,18). The molecular weight excluding hydrogens is 328 g/mol. The summed E-state index contributed by atoms with van der Waals surface area (Å²) in [5, 5.41) is 10.4. The third kappa shape index (κ3) is 4.07. The quantitative estimate of drug-likeness (QED) is 0.647. The Morgan fingerprint density at radius 1 is 1.47 bits per heavy atom. The lowest BCUT2D eigenvalue weighted by molar-refractivity contribution is 0.0951. The highest BCUT2D eigenvalue weighted by atomic mass is 79.9. The molecule has 1 heterocycles. The summed E-state index contributed by atoms with van der Waals surface area (Å²) in [6.07, 6.45) is 4.23. The maximum Gasteiger partial charge on any atom is 0.252 e. The van der Waals surface area contributed by atoms with Crippen LogP contribution in [0.15, 0.2) is 40.0 Å². The van der Waals surface area contributed by atoms with Crippen LogP contribution in [0.25, 0.3) is 0 Å². The molecule has 0 aliphatic rings. The van der Waals surface area contributed by atoms with Crippen LogP contribution in [0.5, 0.6) is 0 Å². The van der Waals surface area contributed by atoms with E-state index >= 15 is 0 Å². The van der Waals surface area contributed by atoms with Crippen LogP contribution in [0.3, 0.4) is 0 Å². The molecule has 1 amide bonds. The molecule has 0 atom stereocenters. The number of amides is 1. The van der Waals surface area contributed by atoms with E-state index in [0.717, 1.165) is 22.3 Å². The maximum atomic E-state index is 12.0. The second kappa shape index (κ2) is 6.72. The number of thiol groups is 1. The first-order chi connectivity index (χ1) is 9.16. The zero-order chi connectivity index (χ0) is 13.7. The molecule has 0 saturated heterocycles. The predicted octanol–water partition coefficient (Wildman–Crippen LogP) is 2.15. The molecule has 19 heavy (non-hydrogen) atoms. The minimum Gasteiger partial charge on any atom is -0.352 e. The summed E-state index contributed by atoms with van der Waals surface area (Å²) in [5.74, 6) is -0.110. The van der Waals surface area contributed by atoms with Crippen LogP contribution in [0.1, 0.15) is 16.8 Å². The lowest BCUT2D eigenvalue weighted by Crippen LogP contribution is -2.25. The molecule has 0 radical (unpaired) electrons. The first kappa shape index (κ1) is 14.1. The number of hydrogen-bond donors (Lipinski definition) is 2. The highest BCUT2D eigenvalue weighted by Crippen LogP contribution is 2.20. The van der Waals surface area contributed by atoms with Crippen molar-refractivity contribution in [3.63, 3.8) is 0 Å². The van der Waals surface area contributed by atoms with Crippen LogP contribution in [-0.4, -0.2) is 27.4 Å². The lowest BCUT2D eigenvalue weighted by Gasteiger charge is -2.07. The Balaban J connectivity index is 1.82.